The van der Waals surface area contributed by atoms with Crippen molar-refractivity contribution < 1.29 is 14.7 Å². The Kier molecular flexibility index (Phi) is 2.64. The molecule has 0 aromatic carbocycles. The van der Waals surface area contributed by atoms with Crippen molar-refractivity contribution in [3.63, 3.8) is 0 Å². The van der Waals surface area contributed by atoms with E-state index in [4.69, 9.17) is 5.11 Å². The molecule has 0 bridgehead atoms. The number of carbonyl (C=O) groups excluding carboxylic acids is 1. The molecule has 0 spiro atoms. The van der Waals surface area contributed by atoms with Gasteiger partial charge in [-0.05, 0) is 32.1 Å². The minimum Gasteiger partial charge on any atom is -0.481 e. The number of fused-ring (bicyclic) bond motifs is 1. The molecule has 1 fully saturated rings. The number of carbonyl (C=O) groups is 2. The van der Waals surface area contributed by atoms with Gasteiger partial charge >= 0.3 is 5.97 Å². The lowest BCUT2D eigenvalue weighted by Crippen LogP contribution is -2.30. The fourth-order valence-corrected chi connectivity index (χ4v) is 3.30. The number of rotatable bonds is 2. The zero-order valence-corrected chi connectivity index (χ0v) is 9.88. The Labute approximate surface area is 95.5 Å². The van der Waals surface area contributed by atoms with Crippen LogP contribution in [-0.2, 0) is 9.59 Å². The van der Waals surface area contributed by atoms with Gasteiger partial charge in [-0.25, -0.2) is 0 Å². The van der Waals surface area contributed by atoms with Gasteiger partial charge in [0, 0.05) is 17.4 Å². The van der Waals surface area contributed by atoms with Crippen LogP contribution in [0.3, 0.4) is 0 Å². The number of aliphatic carboxylic acids is 1. The first kappa shape index (κ1) is 11.4. The van der Waals surface area contributed by atoms with Crippen molar-refractivity contribution in [2.24, 2.45) is 11.3 Å². The SMILES string of the molecule is CC1=C2C(=O)CC[C@]2(CC(=O)O)CC[C@H]1C. The summed E-state index contributed by atoms with van der Waals surface area (Å²) < 4.78 is 0. The lowest BCUT2D eigenvalue weighted by Gasteiger charge is -2.36. The Morgan fingerprint density at radius 1 is 1.50 bits per heavy atom. The molecule has 16 heavy (non-hydrogen) atoms. The van der Waals surface area contributed by atoms with E-state index in [2.05, 4.69) is 6.92 Å². The van der Waals surface area contributed by atoms with Gasteiger partial charge in [0.2, 0.25) is 0 Å². The lowest BCUT2D eigenvalue weighted by atomic mass is 9.67. The summed E-state index contributed by atoms with van der Waals surface area (Å²) in [4.78, 5) is 22.9. The Morgan fingerprint density at radius 3 is 2.81 bits per heavy atom. The zero-order valence-electron chi connectivity index (χ0n) is 9.88. The minimum absolute atomic E-state index is 0.123. The van der Waals surface area contributed by atoms with Crippen LogP contribution in [0.1, 0.15) is 46.0 Å². The average molecular weight is 222 g/mol. The van der Waals surface area contributed by atoms with Crippen LogP contribution in [-0.4, -0.2) is 16.9 Å². The smallest absolute Gasteiger partial charge is 0.304 e. The molecule has 1 saturated carbocycles. The molecule has 0 saturated heterocycles. The summed E-state index contributed by atoms with van der Waals surface area (Å²) in [5, 5.41) is 9.01. The maximum absolute atomic E-state index is 11.9. The van der Waals surface area contributed by atoms with Crippen LogP contribution in [0.4, 0.5) is 0 Å². The second-order valence-corrected chi connectivity index (χ2v) is 5.27. The molecule has 0 unspecified atom stereocenters. The number of carboxylic acids is 1. The Bertz CT molecular complexity index is 381. The number of carboxylic acid groups (broad SMARTS) is 1. The molecule has 0 heterocycles. The molecule has 2 aliphatic rings. The number of Topliss-reactive ketones (excluding diaryl/α,β-unsaturated/α-hetero) is 1. The van der Waals surface area contributed by atoms with Crippen LogP contribution in [0, 0.1) is 11.3 Å². The van der Waals surface area contributed by atoms with E-state index in [0.29, 0.717) is 12.3 Å². The molecule has 3 heteroatoms. The van der Waals surface area contributed by atoms with Gasteiger partial charge in [-0.2, -0.15) is 0 Å². The van der Waals surface area contributed by atoms with Crippen molar-refractivity contribution >= 4 is 11.8 Å². The molecule has 1 N–H and O–H groups in total. The molecule has 3 nitrogen and oxygen atoms in total. The molecular formula is C13H18O3. The van der Waals surface area contributed by atoms with Crippen LogP contribution in [0.5, 0.6) is 0 Å². The van der Waals surface area contributed by atoms with Gasteiger partial charge in [0.15, 0.2) is 5.78 Å². The van der Waals surface area contributed by atoms with Crippen molar-refractivity contribution in [2.45, 2.75) is 46.0 Å². The van der Waals surface area contributed by atoms with Gasteiger partial charge in [-0.3, -0.25) is 9.59 Å². The summed E-state index contributed by atoms with van der Waals surface area (Å²) >= 11 is 0. The second kappa shape index (κ2) is 3.72. The van der Waals surface area contributed by atoms with Gasteiger partial charge in [0.05, 0.1) is 6.42 Å². The van der Waals surface area contributed by atoms with Crippen molar-refractivity contribution in [1.82, 2.24) is 0 Å². The molecule has 0 aromatic rings. The van der Waals surface area contributed by atoms with Crippen molar-refractivity contribution in [3.8, 4) is 0 Å². The van der Waals surface area contributed by atoms with Gasteiger partial charge in [0.25, 0.3) is 0 Å². The third-order valence-electron chi connectivity index (χ3n) is 4.32. The first-order chi connectivity index (χ1) is 7.46. The summed E-state index contributed by atoms with van der Waals surface area (Å²) in [6, 6.07) is 0. The number of ketones is 1. The third kappa shape index (κ3) is 1.58. The predicted octanol–water partition coefficient (Wildman–Crippen LogP) is 2.56. The Hall–Kier alpha value is -1.12. The fraction of sp³-hybridized carbons (Fsp3) is 0.692. The van der Waals surface area contributed by atoms with E-state index >= 15 is 0 Å². The van der Waals surface area contributed by atoms with E-state index in [-0.39, 0.29) is 17.6 Å². The molecule has 0 aromatic heterocycles. The van der Waals surface area contributed by atoms with Crippen LogP contribution < -0.4 is 0 Å². The van der Waals surface area contributed by atoms with Crippen LogP contribution in [0.2, 0.25) is 0 Å². The summed E-state index contributed by atoms with van der Waals surface area (Å²) in [5.41, 5.74) is 1.66. The van der Waals surface area contributed by atoms with E-state index in [1.165, 1.54) is 0 Å². The fourth-order valence-electron chi connectivity index (χ4n) is 3.30. The van der Waals surface area contributed by atoms with E-state index in [9.17, 15) is 9.59 Å². The number of hydrogen-bond donors (Lipinski definition) is 1. The average Bonchev–Trinajstić information content (AvgIpc) is 2.51. The summed E-state index contributed by atoms with van der Waals surface area (Å²) in [5.74, 6) is -0.168. The zero-order chi connectivity index (χ0) is 11.9. The quantitative estimate of drug-likeness (QED) is 0.781. The molecule has 0 amide bonds. The monoisotopic (exact) mass is 222 g/mol. The van der Waals surface area contributed by atoms with Crippen molar-refractivity contribution in [2.75, 3.05) is 0 Å². The second-order valence-electron chi connectivity index (χ2n) is 5.27. The van der Waals surface area contributed by atoms with E-state index < -0.39 is 5.97 Å². The molecule has 0 radical (unpaired) electrons. The van der Waals surface area contributed by atoms with Crippen LogP contribution in [0.25, 0.3) is 0 Å². The van der Waals surface area contributed by atoms with E-state index in [1.807, 2.05) is 6.92 Å². The maximum atomic E-state index is 11.9. The van der Waals surface area contributed by atoms with Crippen molar-refractivity contribution in [3.05, 3.63) is 11.1 Å². The summed E-state index contributed by atoms with van der Waals surface area (Å²) in [6.07, 6.45) is 3.26. The molecule has 88 valence electrons. The van der Waals surface area contributed by atoms with Crippen molar-refractivity contribution in [1.29, 1.82) is 0 Å². The van der Waals surface area contributed by atoms with Crippen LogP contribution >= 0.6 is 0 Å². The van der Waals surface area contributed by atoms with E-state index in [0.717, 1.165) is 30.4 Å². The molecular weight excluding hydrogens is 204 g/mol. The summed E-state index contributed by atoms with van der Waals surface area (Å²) in [6.45, 7) is 4.12. The number of allylic oxidation sites excluding steroid dienone is 2. The molecule has 2 atom stereocenters. The minimum atomic E-state index is -0.783. The Morgan fingerprint density at radius 2 is 2.19 bits per heavy atom. The standard InChI is InChI=1S/C13H18O3/c1-8-3-5-13(7-11(15)16)6-4-10(14)12(13)9(8)2/h8H,3-7H2,1-2H3,(H,15,16)/t8-,13+/m1/s1. The van der Waals surface area contributed by atoms with Crippen LogP contribution in [0.15, 0.2) is 11.1 Å². The van der Waals surface area contributed by atoms with Gasteiger partial charge in [-0.15, -0.1) is 0 Å². The normalized spacial score (nSPS) is 34.1. The highest BCUT2D eigenvalue weighted by molar-refractivity contribution is 6.00. The molecule has 2 aliphatic carbocycles. The maximum Gasteiger partial charge on any atom is 0.304 e. The molecule has 2 rings (SSSR count). The third-order valence-corrected chi connectivity index (χ3v) is 4.32. The first-order valence-corrected chi connectivity index (χ1v) is 5.92. The largest absolute Gasteiger partial charge is 0.481 e. The predicted molar refractivity (Wildman–Crippen MR) is 60.0 cm³/mol. The highest BCUT2D eigenvalue weighted by atomic mass is 16.4. The van der Waals surface area contributed by atoms with Gasteiger partial charge < -0.3 is 5.11 Å². The molecule has 0 aliphatic heterocycles. The van der Waals surface area contributed by atoms with E-state index in [1.54, 1.807) is 0 Å². The number of hydrogen-bond acceptors (Lipinski definition) is 2. The van der Waals surface area contributed by atoms with Gasteiger partial charge in [0.1, 0.15) is 0 Å². The topological polar surface area (TPSA) is 54.4 Å². The first-order valence-electron chi connectivity index (χ1n) is 5.92. The Balaban J connectivity index is 2.45. The lowest BCUT2D eigenvalue weighted by molar-refractivity contribution is -0.139. The highest BCUT2D eigenvalue weighted by Crippen LogP contribution is 2.53. The highest BCUT2D eigenvalue weighted by Gasteiger charge is 2.48. The van der Waals surface area contributed by atoms with Gasteiger partial charge in [-0.1, -0.05) is 12.5 Å². The summed E-state index contributed by atoms with van der Waals surface area (Å²) in [7, 11) is 0.